The Morgan fingerprint density at radius 3 is 1.62 bits per heavy atom. The first-order valence-electron chi connectivity index (χ1n) is 6.56. The van der Waals surface area contributed by atoms with Crippen LogP contribution < -0.4 is 0 Å². The Hall–Kier alpha value is 0.278. The molecule has 0 aliphatic rings. The molecule has 0 aromatic heterocycles. The van der Waals surface area contributed by atoms with Gasteiger partial charge in [0, 0.05) is 0 Å². The van der Waals surface area contributed by atoms with Crippen LogP contribution in [0.15, 0.2) is 0 Å². The first kappa shape index (κ1) is 16.3. The van der Waals surface area contributed by atoms with Crippen molar-refractivity contribution in [2.45, 2.75) is 64.5 Å². The van der Waals surface area contributed by atoms with Crippen molar-refractivity contribution >= 4 is 14.2 Å². The van der Waals surface area contributed by atoms with Crippen molar-refractivity contribution in [1.82, 2.24) is 0 Å². The van der Waals surface area contributed by atoms with Crippen molar-refractivity contribution in [2.75, 3.05) is 13.2 Å². The first-order valence-corrected chi connectivity index (χ1v) is 10.2. The molecule has 0 aliphatic carbocycles. The van der Waals surface area contributed by atoms with Crippen LogP contribution >= 0.6 is 0 Å². The molecule has 0 heterocycles. The summed E-state index contributed by atoms with van der Waals surface area (Å²) in [6, 6.07) is 0. The Morgan fingerprint density at radius 1 is 0.812 bits per heavy atom. The maximum atomic E-state index is 12.3. The van der Waals surface area contributed by atoms with Crippen molar-refractivity contribution in [2.24, 2.45) is 0 Å². The van der Waals surface area contributed by atoms with Crippen molar-refractivity contribution in [1.29, 1.82) is 0 Å². The fraction of sp³-hybridized carbons (Fsp3) is 1.00. The minimum atomic E-state index is -3.45. The Bertz CT molecular complexity index is 181. The Morgan fingerprint density at radius 2 is 1.25 bits per heavy atom. The molecule has 0 amide bonds. The zero-order chi connectivity index (χ0) is 12.3. The molecule has 0 aromatic carbocycles. The summed E-state index contributed by atoms with van der Waals surface area (Å²) in [5.41, 5.74) is 0. The van der Waals surface area contributed by atoms with E-state index in [1.54, 1.807) is 0 Å². The molecule has 0 saturated carbocycles. The van der Waals surface area contributed by atoms with Crippen molar-refractivity contribution in [3.8, 4) is 0 Å². The molecule has 0 unspecified atom stereocenters. The quantitative estimate of drug-likeness (QED) is 0.429. The molecule has 0 aliphatic heterocycles. The normalized spacial score (nSPS) is 11.9. The van der Waals surface area contributed by atoms with Crippen molar-refractivity contribution in [3.05, 3.63) is 0 Å². The molecule has 0 atom stereocenters. The number of rotatable bonds is 11. The SMILES string of the molecule is CCCCO[As](=O)(CCCC)OCCCC. The van der Waals surface area contributed by atoms with Crippen molar-refractivity contribution < 1.29 is 11.2 Å². The summed E-state index contributed by atoms with van der Waals surface area (Å²) in [5, 5.41) is 0.627. The van der Waals surface area contributed by atoms with Gasteiger partial charge in [-0.3, -0.25) is 0 Å². The first-order chi connectivity index (χ1) is 7.68. The summed E-state index contributed by atoms with van der Waals surface area (Å²) in [5.74, 6) is 0. The Kier molecular flexibility index (Phi) is 10.6. The standard InChI is InChI=1S/C12H27AsO3/c1-4-7-10-13(14,15-11-8-5-2)16-12-9-6-3/h4-12H2,1-3H3. The van der Waals surface area contributed by atoms with Gasteiger partial charge in [0.25, 0.3) is 0 Å². The van der Waals surface area contributed by atoms with Gasteiger partial charge in [0.05, 0.1) is 0 Å². The summed E-state index contributed by atoms with van der Waals surface area (Å²) < 4.78 is 23.4. The van der Waals surface area contributed by atoms with Crippen LogP contribution in [0.1, 0.15) is 59.3 Å². The number of unbranched alkanes of at least 4 members (excludes halogenated alkanes) is 3. The third-order valence-electron chi connectivity index (χ3n) is 2.36. The number of hydrogen-bond acceptors (Lipinski definition) is 3. The molecule has 0 fully saturated rings. The molecular weight excluding hydrogens is 267 g/mol. The van der Waals surface area contributed by atoms with E-state index in [2.05, 4.69) is 20.8 Å². The van der Waals surface area contributed by atoms with E-state index in [4.69, 9.17) is 7.45 Å². The van der Waals surface area contributed by atoms with Gasteiger partial charge in [-0.2, -0.15) is 0 Å². The second kappa shape index (κ2) is 10.4. The second-order valence-corrected chi connectivity index (χ2v) is 8.65. The third kappa shape index (κ3) is 8.43. The molecule has 0 bridgehead atoms. The average molecular weight is 294 g/mol. The van der Waals surface area contributed by atoms with Crippen LogP contribution in [-0.2, 0) is 11.2 Å². The van der Waals surface area contributed by atoms with Crippen LogP contribution in [0.4, 0.5) is 0 Å². The van der Waals surface area contributed by atoms with E-state index in [0.29, 0.717) is 18.4 Å². The van der Waals surface area contributed by atoms with Gasteiger partial charge in [-0.25, -0.2) is 0 Å². The van der Waals surface area contributed by atoms with Gasteiger partial charge in [0.15, 0.2) is 0 Å². The van der Waals surface area contributed by atoms with Gasteiger partial charge in [-0.15, -0.1) is 0 Å². The molecule has 0 aromatic rings. The van der Waals surface area contributed by atoms with Gasteiger partial charge < -0.3 is 0 Å². The van der Waals surface area contributed by atoms with E-state index in [-0.39, 0.29) is 0 Å². The summed E-state index contributed by atoms with van der Waals surface area (Å²) >= 11 is -3.45. The van der Waals surface area contributed by atoms with Crippen LogP contribution in [0.2, 0.25) is 5.21 Å². The van der Waals surface area contributed by atoms with E-state index in [1.807, 2.05) is 0 Å². The van der Waals surface area contributed by atoms with E-state index in [1.165, 1.54) is 0 Å². The van der Waals surface area contributed by atoms with E-state index in [9.17, 15) is 3.74 Å². The van der Waals surface area contributed by atoms with Crippen LogP contribution in [0.3, 0.4) is 0 Å². The fourth-order valence-corrected chi connectivity index (χ4v) is 5.10. The molecule has 16 heavy (non-hydrogen) atoms. The summed E-state index contributed by atoms with van der Waals surface area (Å²) in [6.07, 6.45) is 6.05. The molecule has 0 saturated heterocycles. The monoisotopic (exact) mass is 294 g/mol. The van der Waals surface area contributed by atoms with Gasteiger partial charge >= 0.3 is 103 Å². The van der Waals surface area contributed by atoms with Gasteiger partial charge in [-0.05, 0) is 0 Å². The van der Waals surface area contributed by atoms with Gasteiger partial charge in [0.1, 0.15) is 0 Å². The molecule has 0 radical (unpaired) electrons. The van der Waals surface area contributed by atoms with E-state index < -0.39 is 14.2 Å². The Labute approximate surface area is 103 Å². The molecule has 3 nitrogen and oxygen atoms in total. The maximum absolute atomic E-state index is 12.3. The van der Waals surface area contributed by atoms with Crippen LogP contribution in [0.5, 0.6) is 0 Å². The molecule has 4 heteroatoms. The average Bonchev–Trinajstić information content (AvgIpc) is 2.27. The molecular formula is C12H27AsO3. The number of hydrogen-bond donors (Lipinski definition) is 0. The summed E-state index contributed by atoms with van der Waals surface area (Å²) in [7, 11) is 0. The van der Waals surface area contributed by atoms with Crippen LogP contribution in [-0.4, -0.2) is 27.4 Å². The minimum absolute atomic E-state index is 0.586. The fourth-order valence-electron chi connectivity index (χ4n) is 1.21. The zero-order valence-electron chi connectivity index (χ0n) is 11.0. The second-order valence-electron chi connectivity index (χ2n) is 4.06. The van der Waals surface area contributed by atoms with Gasteiger partial charge in [0.2, 0.25) is 0 Å². The molecule has 98 valence electrons. The van der Waals surface area contributed by atoms with Crippen LogP contribution in [0, 0.1) is 0 Å². The third-order valence-corrected chi connectivity index (χ3v) is 6.59. The zero-order valence-corrected chi connectivity index (χ0v) is 12.9. The Balaban J connectivity index is 3.97. The topological polar surface area (TPSA) is 35.5 Å². The summed E-state index contributed by atoms with van der Waals surface area (Å²) in [6.45, 7) is 7.47. The predicted octanol–water partition coefficient (Wildman–Crippen LogP) is 3.79. The predicted molar refractivity (Wildman–Crippen MR) is 67.9 cm³/mol. The molecule has 0 N–H and O–H groups in total. The van der Waals surface area contributed by atoms with E-state index >= 15 is 0 Å². The van der Waals surface area contributed by atoms with Crippen molar-refractivity contribution in [3.63, 3.8) is 0 Å². The van der Waals surface area contributed by atoms with Gasteiger partial charge in [-0.1, -0.05) is 0 Å². The summed E-state index contributed by atoms with van der Waals surface area (Å²) in [4.78, 5) is 0. The molecule has 0 rings (SSSR count). The van der Waals surface area contributed by atoms with Crippen LogP contribution in [0.25, 0.3) is 0 Å². The van der Waals surface area contributed by atoms with E-state index in [0.717, 1.165) is 38.5 Å². The molecule has 0 spiro atoms.